The molecule has 8 heteroatoms. The monoisotopic (exact) mass is 295 g/mol. The van der Waals surface area contributed by atoms with Crippen molar-refractivity contribution in [3.05, 3.63) is 0 Å². The van der Waals surface area contributed by atoms with E-state index in [0.717, 1.165) is 4.90 Å². The normalized spacial score (nSPS) is 23.8. The average Bonchev–Trinajstić information content (AvgIpc) is 2.25. The molecule has 2 atom stereocenters. The molecule has 1 heterocycles. The van der Waals surface area contributed by atoms with Gasteiger partial charge >= 0.3 is 12.1 Å². The lowest BCUT2D eigenvalue weighted by atomic mass is 10.1. The zero-order valence-corrected chi connectivity index (χ0v) is 11.6. The van der Waals surface area contributed by atoms with Crippen molar-refractivity contribution in [2.45, 2.75) is 51.4 Å². The quantitative estimate of drug-likeness (QED) is 0.858. The summed E-state index contributed by atoms with van der Waals surface area (Å²) in [6.07, 6.45) is -5.23. The van der Waals surface area contributed by atoms with Crippen LogP contribution in [0.2, 0.25) is 0 Å². The van der Waals surface area contributed by atoms with Crippen molar-refractivity contribution in [3.63, 3.8) is 0 Å². The van der Waals surface area contributed by atoms with Gasteiger partial charge in [0.2, 0.25) is 6.43 Å². The molecule has 0 aromatic carbocycles. The van der Waals surface area contributed by atoms with Crippen LogP contribution >= 0.6 is 0 Å². The molecule has 1 aliphatic rings. The topological polar surface area (TPSA) is 76.1 Å². The van der Waals surface area contributed by atoms with Crippen molar-refractivity contribution in [1.29, 1.82) is 0 Å². The van der Waals surface area contributed by atoms with Gasteiger partial charge in [0, 0.05) is 6.42 Å². The number of halogens is 2. The zero-order valence-electron chi connectivity index (χ0n) is 11.6. The molecule has 0 aromatic heterocycles. The largest absolute Gasteiger partial charge is 0.479 e. The van der Waals surface area contributed by atoms with Crippen molar-refractivity contribution >= 4 is 12.1 Å². The molecular weight excluding hydrogens is 276 g/mol. The Balaban J connectivity index is 2.80. The smallest absolute Gasteiger partial charge is 0.410 e. The second-order valence-corrected chi connectivity index (χ2v) is 5.57. The molecule has 0 unspecified atom stereocenters. The number of hydrogen-bond donors (Lipinski definition) is 1. The number of carboxylic acid groups (broad SMARTS) is 1. The van der Waals surface area contributed by atoms with Crippen molar-refractivity contribution in [1.82, 2.24) is 4.90 Å². The number of carbonyl (C=O) groups excluding carboxylic acids is 1. The first-order valence-electron chi connectivity index (χ1n) is 6.22. The maximum Gasteiger partial charge on any atom is 0.410 e. The van der Waals surface area contributed by atoms with Crippen LogP contribution in [0, 0.1) is 0 Å². The van der Waals surface area contributed by atoms with Crippen LogP contribution in [0.1, 0.15) is 27.2 Å². The van der Waals surface area contributed by atoms with E-state index in [-0.39, 0.29) is 13.2 Å². The van der Waals surface area contributed by atoms with Gasteiger partial charge in [-0.05, 0) is 20.8 Å². The van der Waals surface area contributed by atoms with E-state index < -0.39 is 42.7 Å². The fourth-order valence-corrected chi connectivity index (χ4v) is 1.79. The van der Waals surface area contributed by atoms with Crippen molar-refractivity contribution in [2.24, 2.45) is 0 Å². The van der Waals surface area contributed by atoms with Crippen LogP contribution in [-0.2, 0) is 14.3 Å². The summed E-state index contributed by atoms with van der Waals surface area (Å²) in [6, 6.07) is -0.888. The minimum absolute atomic E-state index is 0.249. The van der Waals surface area contributed by atoms with Crippen LogP contribution in [0.5, 0.6) is 0 Å². The molecule has 1 saturated heterocycles. The Morgan fingerprint density at radius 1 is 1.45 bits per heavy atom. The second-order valence-electron chi connectivity index (χ2n) is 5.57. The van der Waals surface area contributed by atoms with E-state index in [2.05, 4.69) is 0 Å². The van der Waals surface area contributed by atoms with Crippen LogP contribution in [0.15, 0.2) is 0 Å². The number of aliphatic carboxylic acids is 1. The maximum atomic E-state index is 12.5. The first-order chi connectivity index (χ1) is 9.10. The molecule has 0 bridgehead atoms. The number of hydrogen-bond acceptors (Lipinski definition) is 4. The minimum atomic E-state index is -2.62. The van der Waals surface area contributed by atoms with E-state index in [4.69, 9.17) is 14.6 Å². The van der Waals surface area contributed by atoms with Crippen LogP contribution in [-0.4, -0.2) is 59.4 Å². The van der Waals surface area contributed by atoms with E-state index in [1.165, 1.54) is 0 Å². The SMILES string of the molecule is CC(C)(C)OC(=O)N1C[C@H](C(=O)O)OC[C@H]1CC(F)F. The van der Waals surface area contributed by atoms with Crippen LogP contribution in [0.3, 0.4) is 0 Å². The Kier molecular flexibility index (Phi) is 5.27. The molecule has 20 heavy (non-hydrogen) atoms. The van der Waals surface area contributed by atoms with E-state index in [1.54, 1.807) is 20.8 Å². The molecule has 0 aromatic rings. The highest BCUT2D eigenvalue weighted by molar-refractivity contribution is 5.75. The van der Waals surface area contributed by atoms with Gasteiger partial charge in [-0.3, -0.25) is 4.90 Å². The first-order valence-corrected chi connectivity index (χ1v) is 6.22. The van der Waals surface area contributed by atoms with Gasteiger partial charge in [0.05, 0.1) is 19.2 Å². The summed E-state index contributed by atoms with van der Waals surface area (Å²) in [4.78, 5) is 23.9. The summed E-state index contributed by atoms with van der Waals surface area (Å²) >= 11 is 0. The summed E-state index contributed by atoms with van der Waals surface area (Å²) < 4.78 is 35.1. The second kappa shape index (κ2) is 6.34. The number of morpholine rings is 1. The maximum absolute atomic E-state index is 12.5. The predicted octanol–water partition coefficient (Wildman–Crippen LogP) is 1.73. The molecule has 6 nitrogen and oxygen atoms in total. The minimum Gasteiger partial charge on any atom is -0.479 e. The van der Waals surface area contributed by atoms with Crippen LogP contribution < -0.4 is 0 Å². The summed E-state index contributed by atoms with van der Waals surface area (Å²) in [5.41, 5.74) is -0.788. The number of rotatable bonds is 3. The van der Waals surface area contributed by atoms with E-state index in [1.807, 2.05) is 0 Å². The van der Waals surface area contributed by atoms with Gasteiger partial charge in [0.1, 0.15) is 5.60 Å². The third kappa shape index (κ3) is 4.92. The Morgan fingerprint density at radius 3 is 2.50 bits per heavy atom. The third-order valence-corrected chi connectivity index (χ3v) is 2.65. The Hall–Kier alpha value is -1.44. The summed E-state index contributed by atoms with van der Waals surface area (Å²) in [6.45, 7) is 4.37. The molecular formula is C12H19F2NO5. The Bertz CT molecular complexity index is 369. The van der Waals surface area contributed by atoms with Gasteiger partial charge in [-0.25, -0.2) is 18.4 Å². The number of nitrogens with zero attached hydrogens (tertiary/aromatic N) is 1. The van der Waals surface area contributed by atoms with Crippen LogP contribution in [0.4, 0.5) is 13.6 Å². The van der Waals surface area contributed by atoms with Crippen molar-refractivity contribution in [2.75, 3.05) is 13.2 Å². The van der Waals surface area contributed by atoms with E-state index in [0.29, 0.717) is 0 Å². The number of amides is 1. The Labute approximate surface area is 115 Å². The number of alkyl halides is 2. The predicted molar refractivity (Wildman–Crippen MR) is 64.7 cm³/mol. The van der Waals surface area contributed by atoms with Crippen molar-refractivity contribution in [3.8, 4) is 0 Å². The zero-order chi connectivity index (χ0) is 15.5. The lowest BCUT2D eigenvalue weighted by Crippen LogP contribution is -2.55. The van der Waals surface area contributed by atoms with E-state index in [9.17, 15) is 18.4 Å². The highest BCUT2D eigenvalue weighted by Crippen LogP contribution is 2.21. The highest BCUT2D eigenvalue weighted by Gasteiger charge is 2.38. The molecule has 1 rings (SSSR count). The van der Waals surface area contributed by atoms with Gasteiger partial charge in [-0.15, -0.1) is 0 Å². The van der Waals surface area contributed by atoms with Gasteiger partial charge in [-0.1, -0.05) is 0 Å². The van der Waals surface area contributed by atoms with Crippen LogP contribution in [0.25, 0.3) is 0 Å². The molecule has 1 amide bonds. The molecule has 0 spiro atoms. The average molecular weight is 295 g/mol. The fraction of sp³-hybridized carbons (Fsp3) is 0.833. The number of carbonyl (C=O) groups is 2. The third-order valence-electron chi connectivity index (χ3n) is 2.65. The molecule has 0 radical (unpaired) electrons. The van der Waals surface area contributed by atoms with E-state index >= 15 is 0 Å². The fourth-order valence-electron chi connectivity index (χ4n) is 1.79. The standard InChI is InChI=1S/C12H19F2NO5/c1-12(2,3)20-11(18)15-5-8(10(16)17)19-6-7(15)4-9(13)14/h7-9H,4-6H2,1-3H3,(H,16,17)/t7-,8-/m1/s1. The van der Waals surface area contributed by atoms with Gasteiger partial charge in [0.25, 0.3) is 0 Å². The molecule has 1 N–H and O–H groups in total. The number of ether oxygens (including phenoxy) is 2. The highest BCUT2D eigenvalue weighted by atomic mass is 19.3. The summed E-state index contributed by atoms with van der Waals surface area (Å²) in [5.74, 6) is -1.24. The lowest BCUT2D eigenvalue weighted by molar-refractivity contribution is -0.159. The molecule has 0 aliphatic carbocycles. The van der Waals surface area contributed by atoms with Gasteiger partial charge in [-0.2, -0.15) is 0 Å². The number of carboxylic acids is 1. The summed E-state index contributed by atoms with van der Waals surface area (Å²) in [5, 5.41) is 8.89. The molecule has 0 saturated carbocycles. The molecule has 1 fully saturated rings. The Morgan fingerprint density at radius 2 is 2.05 bits per heavy atom. The molecule has 116 valence electrons. The van der Waals surface area contributed by atoms with Gasteiger partial charge in [0.15, 0.2) is 6.10 Å². The van der Waals surface area contributed by atoms with Crippen molar-refractivity contribution < 1.29 is 33.0 Å². The lowest BCUT2D eigenvalue weighted by Gasteiger charge is -2.38. The molecule has 1 aliphatic heterocycles. The first kappa shape index (κ1) is 16.6. The van der Waals surface area contributed by atoms with Gasteiger partial charge < -0.3 is 14.6 Å². The summed E-state index contributed by atoms with van der Waals surface area (Å²) in [7, 11) is 0.